The summed E-state index contributed by atoms with van der Waals surface area (Å²) in [5.74, 6) is 5.29. The number of hydrogen-bond acceptors (Lipinski definition) is 2. The summed E-state index contributed by atoms with van der Waals surface area (Å²) in [7, 11) is 0. The van der Waals surface area contributed by atoms with Crippen molar-refractivity contribution in [3.8, 4) is 33.8 Å². The lowest BCUT2D eigenvalue weighted by atomic mass is 9.26. The summed E-state index contributed by atoms with van der Waals surface area (Å²) in [6, 6.07) is 52.4. The molecule has 4 fully saturated rings. The van der Waals surface area contributed by atoms with Crippen LogP contribution in [0.1, 0.15) is 88.5 Å². The van der Waals surface area contributed by atoms with E-state index >= 15 is 0 Å². The Morgan fingerprint density at radius 1 is 0.536 bits per heavy atom. The van der Waals surface area contributed by atoms with Gasteiger partial charge in [-0.1, -0.05) is 131 Å². The van der Waals surface area contributed by atoms with Crippen molar-refractivity contribution in [2.45, 2.75) is 82.5 Å². The number of benzene rings is 6. The highest BCUT2D eigenvalue weighted by molar-refractivity contribution is 5.84. The van der Waals surface area contributed by atoms with Crippen LogP contribution in [0.4, 0.5) is 17.1 Å². The van der Waals surface area contributed by atoms with Crippen LogP contribution in [0.2, 0.25) is 0 Å². The van der Waals surface area contributed by atoms with Crippen LogP contribution in [0.25, 0.3) is 22.3 Å². The van der Waals surface area contributed by atoms with Crippen LogP contribution in [-0.4, -0.2) is 0 Å². The van der Waals surface area contributed by atoms with Crippen molar-refractivity contribution in [3.05, 3.63) is 162 Å². The van der Waals surface area contributed by atoms with Crippen molar-refractivity contribution in [2.24, 2.45) is 29.1 Å². The second kappa shape index (κ2) is 11.3. The lowest BCUT2D eigenvalue weighted by Crippen LogP contribution is -2.74. The molecule has 278 valence electrons. The van der Waals surface area contributed by atoms with Gasteiger partial charge in [0.25, 0.3) is 0 Å². The molecule has 6 unspecified atom stereocenters. The standard InChI is InChI=1S/C54H51NO/c1-51(2)27-28-52(3,4)50-43(51)18-12-19-44(50)55(39-23-21-36(22-24-39)35-13-7-5-8-14-35)40-25-26-42-46(32-40)56-45-20-11-17-41(37-15-9-6-10-16-37)49(45)54(42)47-30-34-29-38-31-48(54)53(38,47)33-34/h5-26,32,34,38,47-48H,27-31,33H2,1-4H3. The van der Waals surface area contributed by atoms with Crippen molar-refractivity contribution < 1.29 is 4.74 Å². The fraction of sp³-hybridized carbons (Fsp3) is 0.333. The van der Waals surface area contributed by atoms with Crippen LogP contribution in [-0.2, 0) is 16.2 Å². The Morgan fingerprint density at radius 2 is 1.21 bits per heavy atom. The highest BCUT2D eigenvalue weighted by Crippen LogP contribution is 2.89. The Labute approximate surface area is 332 Å². The average molecular weight is 730 g/mol. The van der Waals surface area contributed by atoms with E-state index in [1.165, 1.54) is 88.0 Å². The molecule has 6 aliphatic rings. The van der Waals surface area contributed by atoms with E-state index in [-0.39, 0.29) is 16.2 Å². The lowest BCUT2D eigenvalue weighted by Gasteiger charge is -2.77. The van der Waals surface area contributed by atoms with Gasteiger partial charge in [-0.3, -0.25) is 0 Å². The van der Waals surface area contributed by atoms with E-state index in [1.807, 2.05) is 0 Å². The molecule has 56 heavy (non-hydrogen) atoms. The fourth-order valence-electron chi connectivity index (χ4n) is 13.9. The zero-order valence-corrected chi connectivity index (χ0v) is 33.2. The van der Waals surface area contributed by atoms with Crippen LogP contribution >= 0.6 is 0 Å². The molecule has 6 aromatic rings. The van der Waals surface area contributed by atoms with E-state index in [4.69, 9.17) is 4.74 Å². The maximum absolute atomic E-state index is 7.26. The Morgan fingerprint density at radius 3 is 1.98 bits per heavy atom. The first-order valence-electron chi connectivity index (χ1n) is 21.3. The number of nitrogens with zero attached hydrogens (tertiary/aromatic N) is 1. The summed E-state index contributed by atoms with van der Waals surface area (Å²) in [5, 5.41) is 0. The molecule has 0 aromatic heterocycles. The first-order valence-corrected chi connectivity index (χ1v) is 21.3. The molecule has 2 heteroatoms. The summed E-state index contributed by atoms with van der Waals surface area (Å²) < 4.78 is 7.26. The molecule has 12 rings (SSSR count). The molecule has 1 aliphatic heterocycles. The van der Waals surface area contributed by atoms with Crippen molar-refractivity contribution >= 4 is 17.1 Å². The van der Waals surface area contributed by atoms with Gasteiger partial charge in [-0.25, -0.2) is 0 Å². The van der Waals surface area contributed by atoms with Gasteiger partial charge in [-0.15, -0.1) is 0 Å². The van der Waals surface area contributed by atoms with Gasteiger partial charge in [0.2, 0.25) is 0 Å². The van der Waals surface area contributed by atoms with Gasteiger partial charge in [0, 0.05) is 34.0 Å². The Kier molecular flexibility index (Phi) is 6.67. The van der Waals surface area contributed by atoms with Gasteiger partial charge >= 0.3 is 0 Å². The number of anilines is 3. The first kappa shape index (κ1) is 33.1. The maximum Gasteiger partial charge on any atom is 0.133 e. The summed E-state index contributed by atoms with van der Waals surface area (Å²) in [6.07, 6.45) is 7.98. The molecular weight excluding hydrogens is 679 g/mol. The predicted molar refractivity (Wildman–Crippen MR) is 229 cm³/mol. The van der Waals surface area contributed by atoms with E-state index in [1.54, 1.807) is 0 Å². The van der Waals surface area contributed by atoms with E-state index in [9.17, 15) is 0 Å². The van der Waals surface area contributed by atoms with Gasteiger partial charge in [0.15, 0.2) is 0 Å². The molecular formula is C54H51NO. The predicted octanol–water partition coefficient (Wildman–Crippen LogP) is 14.3. The molecule has 6 aromatic carbocycles. The van der Waals surface area contributed by atoms with Crippen LogP contribution in [0.15, 0.2) is 140 Å². The van der Waals surface area contributed by atoms with E-state index < -0.39 is 0 Å². The van der Waals surface area contributed by atoms with E-state index in [0.717, 1.165) is 35.4 Å². The number of fused-ring (bicyclic) bond motifs is 8. The van der Waals surface area contributed by atoms with Crippen molar-refractivity contribution in [1.29, 1.82) is 0 Å². The van der Waals surface area contributed by atoms with Gasteiger partial charge in [-0.2, -0.15) is 0 Å². The molecule has 6 atom stereocenters. The monoisotopic (exact) mass is 729 g/mol. The van der Waals surface area contributed by atoms with Crippen LogP contribution in [0, 0.1) is 29.1 Å². The third-order valence-electron chi connectivity index (χ3n) is 16.2. The summed E-state index contributed by atoms with van der Waals surface area (Å²) >= 11 is 0. The van der Waals surface area contributed by atoms with Crippen molar-refractivity contribution in [1.82, 2.24) is 0 Å². The molecule has 5 aliphatic carbocycles. The number of ether oxygens (including phenoxy) is 1. The Bertz CT molecular complexity index is 2550. The molecule has 0 amide bonds. The minimum Gasteiger partial charge on any atom is -0.457 e. The molecule has 4 saturated carbocycles. The molecule has 2 nitrogen and oxygen atoms in total. The number of hydrogen-bond donors (Lipinski definition) is 0. The smallest absolute Gasteiger partial charge is 0.133 e. The Balaban J connectivity index is 1.06. The van der Waals surface area contributed by atoms with E-state index in [2.05, 4.69) is 172 Å². The summed E-state index contributed by atoms with van der Waals surface area (Å²) in [5.41, 5.74) is 15.3. The second-order valence-electron chi connectivity index (χ2n) is 19.6. The molecule has 1 heterocycles. The molecule has 2 bridgehead atoms. The third-order valence-corrected chi connectivity index (χ3v) is 16.2. The summed E-state index contributed by atoms with van der Waals surface area (Å²) in [4.78, 5) is 2.54. The van der Waals surface area contributed by atoms with Crippen LogP contribution in [0.5, 0.6) is 11.5 Å². The SMILES string of the molecule is CC1(C)CCC(C)(C)c2c(N(c3ccc(-c4ccccc4)cc3)c3ccc4c(c3)Oc3cccc(-c5ccccc5)c3C43C4CC5CC6CC3C64C5)cccc21. The minimum absolute atomic E-state index is 0.0142. The average Bonchev–Trinajstić information content (AvgIpc) is 3.76. The first-order chi connectivity index (χ1) is 27.2. The lowest BCUT2D eigenvalue weighted by molar-refractivity contribution is -0.234. The highest BCUT2D eigenvalue weighted by atomic mass is 16.5. The highest BCUT2D eigenvalue weighted by Gasteiger charge is 2.84. The molecule has 0 saturated heterocycles. The van der Waals surface area contributed by atoms with Gasteiger partial charge in [0.05, 0.1) is 5.69 Å². The minimum atomic E-state index is -0.0142. The number of rotatable bonds is 5. The zero-order valence-electron chi connectivity index (χ0n) is 33.2. The van der Waals surface area contributed by atoms with Crippen molar-refractivity contribution in [2.75, 3.05) is 4.90 Å². The van der Waals surface area contributed by atoms with Gasteiger partial charge < -0.3 is 9.64 Å². The largest absolute Gasteiger partial charge is 0.457 e. The van der Waals surface area contributed by atoms with Gasteiger partial charge in [0.1, 0.15) is 11.5 Å². The summed E-state index contributed by atoms with van der Waals surface area (Å²) in [6.45, 7) is 9.78. The topological polar surface area (TPSA) is 12.5 Å². The van der Waals surface area contributed by atoms with Crippen LogP contribution in [0.3, 0.4) is 0 Å². The maximum atomic E-state index is 7.26. The normalized spacial score (nSPS) is 28.9. The Hall–Kier alpha value is -5.08. The quantitative estimate of drug-likeness (QED) is 0.175. The molecule has 0 radical (unpaired) electrons. The third kappa shape index (κ3) is 4.18. The fourth-order valence-corrected chi connectivity index (χ4v) is 13.9. The second-order valence-corrected chi connectivity index (χ2v) is 19.6. The molecule has 0 N–H and O–H groups in total. The molecule has 2 spiro atoms. The van der Waals surface area contributed by atoms with E-state index in [0.29, 0.717) is 17.3 Å². The van der Waals surface area contributed by atoms with Crippen LogP contribution < -0.4 is 9.64 Å². The van der Waals surface area contributed by atoms with Crippen molar-refractivity contribution in [3.63, 3.8) is 0 Å². The van der Waals surface area contributed by atoms with Gasteiger partial charge in [-0.05, 0) is 142 Å². The zero-order chi connectivity index (χ0) is 37.6.